The average Bonchev–Trinajstić information content (AvgIpc) is 1.59. The van der Waals surface area contributed by atoms with Gasteiger partial charge in [0.1, 0.15) is 0 Å². The molecule has 0 aromatic rings. The number of hydrogen-bond donors (Lipinski definition) is 5. The van der Waals surface area contributed by atoms with Crippen molar-refractivity contribution < 1.29 is 39.0 Å². The molecule has 0 rings (SSSR count). The number of phosphoric acid groups is 1. The third-order valence-corrected chi connectivity index (χ3v) is 0.183. The van der Waals surface area contributed by atoms with Gasteiger partial charge in [-0.15, -0.1) is 0 Å². The third-order valence-electron chi connectivity index (χ3n) is 0.183. The number of rotatable bonds is 0. The molecule has 0 aliphatic heterocycles. The quantitative estimate of drug-likeness (QED) is 0.139. The number of carboxylic acid groups (broad SMARTS) is 2. The molecule has 0 atom stereocenters. The van der Waals surface area contributed by atoms with E-state index in [2.05, 4.69) is 0 Å². The van der Waals surface area contributed by atoms with Crippen LogP contribution in [0.25, 0.3) is 0 Å². The van der Waals surface area contributed by atoms with Crippen LogP contribution in [0.5, 0.6) is 0 Å². The van der Waals surface area contributed by atoms with E-state index in [4.69, 9.17) is 39.0 Å². The first-order chi connectivity index (χ1) is 4.64. The van der Waals surface area contributed by atoms with Crippen molar-refractivity contribution >= 4 is 118 Å². The SMILES string of the molecule is O=C(O)C(=O)O.O=P(O)(O)O.[BaH2].[BaH2]. The van der Waals surface area contributed by atoms with Gasteiger partial charge in [0.15, 0.2) is 0 Å². The Bertz CT molecular complexity index is 176. The van der Waals surface area contributed by atoms with E-state index in [1.54, 1.807) is 0 Å². The van der Waals surface area contributed by atoms with Crippen molar-refractivity contribution in [3.8, 4) is 0 Å². The van der Waals surface area contributed by atoms with Crippen molar-refractivity contribution in [2.45, 2.75) is 0 Å². The molecule has 11 heteroatoms. The molecular formula is C2H9Ba2O8P. The van der Waals surface area contributed by atoms with Crippen molar-refractivity contribution in [1.82, 2.24) is 0 Å². The summed E-state index contributed by atoms with van der Waals surface area (Å²) >= 11 is 0. The summed E-state index contributed by atoms with van der Waals surface area (Å²) in [7, 11) is -4.64. The Balaban J connectivity index is -0.0000000546. The van der Waals surface area contributed by atoms with Crippen LogP contribution < -0.4 is 0 Å². The second-order valence-corrected chi connectivity index (χ2v) is 2.15. The Labute approximate surface area is 153 Å². The van der Waals surface area contributed by atoms with Crippen LogP contribution in [0, 0.1) is 0 Å². The molecule has 0 aromatic carbocycles. The molecule has 13 heavy (non-hydrogen) atoms. The monoisotopic (exact) mass is 468 g/mol. The van der Waals surface area contributed by atoms with Gasteiger partial charge < -0.3 is 24.9 Å². The fourth-order valence-corrected chi connectivity index (χ4v) is 0. The Morgan fingerprint density at radius 3 is 0.923 bits per heavy atom. The van der Waals surface area contributed by atoms with Crippen LogP contribution in [0.1, 0.15) is 0 Å². The minimum atomic E-state index is -4.64. The van der Waals surface area contributed by atoms with Gasteiger partial charge in [-0.3, -0.25) is 0 Å². The number of carboxylic acids is 2. The molecule has 0 aliphatic carbocycles. The fourth-order valence-electron chi connectivity index (χ4n) is 0. The number of carbonyl (C=O) groups is 2. The Hall–Kier alpha value is 2.19. The van der Waals surface area contributed by atoms with Crippen molar-refractivity contribution in [3.05, 3.63) is 0 Å². The fraction of sp³-hybridized carbons (Fsp3) is 0. The van der Waals surface area contributed by atoms with Crippen LogP contribution in [0.15, 0.2) is 0 Å². The summed E-state index contributed by atoms with van der Waals surface area (Å²) in [5, 5.41) is 14.8. The van der Waals surface area contributed by atoms with Gasteiger partial charge in [0.2, 0.25) is 0 Å². The molecule has 0 saturated carbocycles. The van der Waals surface area contributed by atoms with Crippen molar-refractivity contribution in [2.24, 2.45) is 0 Å². The van der Waals surface area contributed by atoms with Gasteiger partial charge in [0.25, 0.3) is 0 Å². The van der Waals surface area contributed by atoms with Gasteiger partial charge in [-0.25, -0.2) is 14.2 Å². The van der Waals surface area contributed by atoms with Crippen LogP contribution in [0.3, 0.4) is 0 Å². The molecule has 8 nitrogen and oxygen atoms in total. The second kappa shape index (κ2) is 12.3. The van der Waals surface area contributed by atoms with Gasteiger partial charge in [-0.1, -0.05) is 0 Å². The Morgan fingerprint density at radius 2 is 0.923 bits per heavy atom. The molecule has 0 radical (unpaired) electrons. The molecule has 0 aromatic heterocycles. The van der Waals surface area contributed by atoms with Crippen LogP contribution in [0.4, 0.5) is 0 Å². The summed E-state index contributed by atoms with van der Waals surface area (Å²) in [5.74, 6) is -3.65. The summed E-state index contributed by atoms with van der Waals surface area (Å²) in [6.07, 6.45) is 0. The average molecular weight is 467 g/mol. The summed E-state index contributed by atoms with van der Waals surface area (Å²) in [6, 6.07) is 0. The molecule has 0 bridgehead atoms. The van der Waals surface area contributed by atoms with Crippen LogP contribution in [-0.4, -0.2) is 135 Å². The molecule has 5 N–H and O–H groups in total. The topological polar surface area (TPSA) is 152 Å². The predicted molar refractivity (Wildman–Crippen MR) is 46.6 cm³/mol. The zero-order chi connectivity index (χ0) is 9.65. The summed E-state index contributed by atoms with van der Waals surface area (Å²) in [6.45, 7) is 0. The molecule has 0 aliphatic rings. The van der Waals surface area contributed by atoms with Gasteiger partial charge in [0.05, 0.1) is 0 Å². The molecule has 0 fully saturated rings. The molecule has 74 valence electrons. The summed E-state index contributed by atoms with van der Waals surface area (Å²) < 4.78 is 8.88. The van der Waals surface area contributed by atoms with Gasteiger partial charge in [-0.2, -0.15) is 0 Å². The standard InChI is InChI=1S/C2H2O4.2Ba.H3O4P.4H/c3-1(4)2(5)6;;;1-5(2,3)4;;;;/h(H,3,4)(H,5,6);;;(H3,1,2,3,4);;;;. The van der Waals surface area contributed by atoms with Crippen LogP contribution in [0.2, 0.25) is 0 Å². The van der Waals surface area contributed by atoms with Crippen LogP contribution in [-0.2, 0) is 14.2 Å². The van der Waals surface area contributed by atoms with Crippen molar-refractivity contribution in [1.29, 1.82) is 0 Å². The third kappa shape index (κ3) is 55.0. The van der Waals surface area contributed by atoms with Gasteiger partial charge in [-0.05, 0) is 0 Å². The predicted octanol–water partition coefficient (Wildman–Crippen LogP) is -3.61. The minimum absolute atomic E-state index is 0. The molecule has 0 spiro atoms. The maximum absolute atomic E-state index is 9.10. The molecular weight excluding hydrogens is 458 g/mol. The number of aliphatic carboxylic acids is 2. The van der Waals surface area contributed by atoms with Gasteiger partial charge >= 0.3 is 118 Å². The zero-order valence-electron chi connectivity index (χ0n) is 4.91. The zero-order valence-corrected chi connectivity index (χ0v) is 5.80. The van der Waals surface area contributed by atoms with E-state index in [-0.39, 0.29) is 97.8 Å². The first-order valence-electron chi connectivity index (χ1n) is 1.89. The van der Waals surface area contributed by atoms with E-state index in [0.717, 1.165) is 0 Å². The van der Waals surface area contributed by atoms with E-state index in [0.29, 0.717) is 0 Å². The maximum atomic E-state index is 9.10. The van der Waals surface area contributed by atoms with Crippen molar-refractivity contribution in [3.63, 3.8) is 0 Å². The van der Waals surface area contributed by atoms with E-state index in [9.17, 15) is 0 Å². The van der Waals surface area contributed by atoms with Crippen molar-refractivity contribution in [2.75, 3.05) is 0 Å². The summed E-state index contributed by atoms with van der Waals surface area (Å²) in [4.78, 5) is 39.8. The Kier molecular flexibility index (Phi) is 23.0. The van der Waals surface area contributed by atoms with E-state index < -0.39 is 19.8 Å². The molecule has 0 amide bonds. The first-order valence-corrected chi connectivity index (χ1v) is 3.45. The normalized spacial score (nSPS) is 7.92. The Morgan fingerprint density at radius 1 is 0.846 bits per heavy atom. The van der Waals surface area contributed by atoms with Crippen LogP contribution >= 0.6 is 7.82 Å². The van der Waals surface area contributed by atoms with E-state index >= 15 is 0 Å². The molecule has 0 saturated heterocycles. The molecule has 0 unspecified atom stereocenters. The second-order valence-electron chi connectivity index (χ2n) is 1.12. The number of hydrogen-bond acceptors (Lipinski definition) is 3. The van der Waals surface area contributed by atoms with Gasteiger partial charge in [0, 0.05) is 0 Å². The molecule has 0 heterocycles. The summed E-state index contributed by atoms with van der Waals surface area (Å²) in [5.41, 5.74) is 0. The van der Waals surface area contributed by atoms with E-state index in [1.165, 1.54) is 0 Å². The van der Waals surface area contributed by atoms with E-state index in [1.807, 2.05) is 0 Å². The first kappa shape index (κ1) is 24.4.